The second-order valence-electron chi connectivity index (χ2n) is 6.82. The summed E-state index contributed by atoms with van der Waals surface area (Å²) in [6.45, 7) is 1.95. The zero-order valence-corrected chi connectivity index (χ0v) is 15.7. The van der Waals surface area contributed by atoms with Gasteiger partial charge in [-0.3, -0.25) is 4.98 Å². The molecule has 0 unspecified atom stereocenters. The molecule has 1 saturated heterocycles. The number of piperidine rings is 1. The quantitative estimate of drug-likeness (QED) is 0.739. The molecular formula is C21H21ClN4O. The first-order valence-corrected chi connectivity index (χ1v) is 9.52. The zero-order valence-electron chi connectivity index (χ0n) is 14.9. The molecule has 3 aromatic rings. The van der Waals surface area contributed by atoms with E-state index in [4.69, 9.17) is 21.6 Å². The Labute approximate surface area is 163 Å². The Morgan fingerprint density at radius 3 is 2.70 bits per heavy atom. The highest BCUT2D eigenvalue weighted by molar-refractivity contribution is 6.30. The van der Waals surface area contributed by atoms with Gasteiger partial charge in [0.25, 0.3) is 0 Å². The number of nitrogens with zero attached hydrogens (tertiary/aromatic N) is 4. The molecule has 27 heavy (non-hydrogen) atoms. The van der Waals surface area contributed by atoms with Crippen molar-refractivity contribution < 1.29 is 5.11 Å². The topological polar surface area (TPSA) is 62.1 Å². The van der Waals surface area contributed by atoms with E-state index in [0.717, 1.165) is 48.6 Å². The van der Waals surface area contributed by atoms with Crippen LogP contribution in [0, 0.1) is 5.92 Å². The van der Waals surface area contributed by atoms with Crippen molar-refractivity contribution in [2.75, 3.05) is 24.6 Å². The number of pyridine rings is 1. The lowest BCUT2D eigenvalue weighted by Gasteiger charge is -2.33. The van der Waals surface area contributed by atoms with Crippen molar-refractivity contribution in [3.8, 4) is 22.6 Å². The van der Waals surface area contributed by atoms with Gasteiger partial charge in [0.05, 0.1) is 5.69 Å². The van der Waals surface area contributed by atoms with Crippen molar-refractivity contribution in [1.29, 1.82) is 0 Å². The summed E-state index contributed by atoms with van der Waals surface area (Å²) in [6.07, 6.45) is 5.62. The van der Waals surface area contributed by atoms with Crippen molar-refractivity contribution in [3.05, 3.63) is 59.9 Å². The largest absolute Gasteiger partial charge is 0.396 e. The molecule has 1 aliphatic rings. The maximum Gasteiger partial charge on any atom is 0.163 e. The number of aliphatic hydroxyl groups excluding tert-OH is 1. The molecule has 6 heteroatoms. The third kappa shape index (κ3) is 4.10. The van der Waals surface area contributed by atoms with Gasteiger partial charge in [0.2, 0.25) is 0 Å². The fourth-order valence-corrected chi connectivity index (χ4v) is 3.54. The van der Waals surface area contributed by atoms with Gasteiger partial charge in [-0.1, -0.05) is 23.7 Å². The zero-order chi connectivity index (χ0) is 18.6. The van der Waals surface area contributed by atoms with Crippen LogP contribution in [0.4, 0.5) is 5.82 Å². The molecule has 5 nitrogen and oxygen atoms in total. The van der Waals surface area contributed by atoms with E-state index in [2.05, 4.69) is 9.88 Å². The van der Waals surface area contributed by atoms with Gasteiger partial charge in [-0.05, 0) is 43.0 Å². The standard InChI is InChI=1S/C21H21ClN4O/c22-18-7-5-16(6-8-18)19-11-20(26-10-2-3-15(13-26)14-27)25-21(24-19)17-4-1-9-23-12-17/h1,4-9,11-12,15,27H,2-3,10,13-14H2/t15-/m0/s1. The van der Waals surface area contributed by atoms with Crippen LogP contribution in [0.1, 0.15) is 12.8 Å². The van der Waals surface area contributed by atoms with Crippen LogP contribution in [0.3, 0.4) is 0 Å². The van der Waals surface area contributed by atoms with Crippen LogP contribution >= 0.6 is 11.6 Å². The highest BCUT2D eigenvalue weighted by Crippen LogP contribution is 2.29. The predicted octanol–water partition coefficient (Wildman–Crippen LogP) is 4.07. The Kier molecular flexibility index (Phi) is 5.32. The Balaban J connectivity index is 1.78. The Bertz CT molecular complexity index is 902. The van der Waals surface area contributed by atoms with E-state index in [1.807, 2.05) is 42.5 Å². The monoisotopic (exact) mass is 380 g/mol. The van der Waals surface area contributed by atoms with E-state index in [-0.39, 0.29) is 12.5 Å². The number of rotatable bonds is 4. The minimum absolute atomic E-state index is 0.209. The molecule has 0 spiro atoms. The second kappa shape index (κ2) is 8.03. The lowest BCUT2D eigenvalue weighted by atomic mass is 9.99. The van der Waals surface area contributed by atoms with E-state index in [0.29, 0.717) is 10.8 Å². The summed E-state index contributed by atoms with van der Waals surface area (Å²) in [7, 11) is 0. The molecule has 1 aliphatic heterocycles. The maximum absolute atomic E-state index is 9.57. The van der Waals surface area contributed by atoms with Gasteiger partial charge in [0.15, 0.2) is 5.82 Å². The molecule has 3 heterocycles. The number of aromatic nitrogens is 3. The highest BCUT2D eigenvalue weighted by Gasteiger charge is 2.22. The van der Waals surface area contributed by atoms with Crippen molar-refractivity contribution in [2.45, 2.75) is 12.8 Å². The molecule has 0 radical (unpaired) electrons. The average Bonchev–Trinajstić information content (AvgIpc) is 2.74. The van der Waals surface area contributed by atoms with E-state index >= 15 is 0 Å². The van der Waals surface area contributed by atoms with E-state index in [9.17, 15) is 5.11 Å². The fraction of sp³-hybridized carbons (Fsp3) is 0.286. The van der Waals surface area contributed by atoms with Gasteiger partial charge in [0.1, 0.15) is 5.82 Å². The molecule has 2 aromatic heterocycles. The number of halogens is 1. The van der Waals surface area contributed by atoms with Crippen LogP contribution in [0.15, 0.2) is 54.9 Å². The SMILES string of the molecule is OC[C@H]1CCCN(c2cc(-c3ccc(Cl)cc3)nc(-c3cccnc3)n2)C1. The first-order valence-electron chi connectivity index (χ1n) is 9.14. The van der Waals surface area contributed by atoms with Crippen LogP contribution in [0.5, 0.6) is 0 Å². The molecule has 1 atom stereocenters. The number of aliphatic hydroxyl groups is 1. The van der Waals surface area contributed by atoms with Crippen LogP contribution < -0.4 is 4.90 Å². The van der Waals surface area contributed by atoms with Crippen LogP contribution in [0.25, 0.3) is 22.6 Å². The van der Waals surface area contributed by atoms with Crippen molar-refractivity contribution in [3.63, 3.8) is 0 Å². The van der Waals surface area contributed by atoms with Gasteiger partial charge in [-0.15, -0.1) is 0 Å². The van der Waals surface area contributed by atoms with Crippen molar-refractivity contribution >= 4 is 17.4 Å². The molecule has 1 N–H and O–H groups in total. The Morgan fingerprint density at radius 1 is 1.11 bits per heavy atom. The van der Waals surface area contributed by atoms with Gasteiger partial charge < -0.3 is 10.0 Å². The van der Waals surface area contributed by atoms with Gasteiger partial charge in [-0.25, -0.2) is 9.97 Å². The summed E-state index contributed by atoms with van der Waals surface area (Å²) >= 11 is 6.04. The smallest absolute Gasteiger partial charge is 0.163 e. The summed E-state index contributed by atoms with van der Waals surface area (Å²) in [6, 6.07) is 13.5. The van der Waals surface area contributed by atoms with Crippen molar-refractivity contribution in [1.82, 2.24) is 15.0 Å². The first kappa shape index (κ1) is 17.9. The summed E-state index contributed by atoms with van der Waals surface area (Å²) < 4.78 is 0. The van der Waals surface area contributed by atoms with Crippen LogP contribution in [-0.4, -0.2) is 39.8 Å². The maximum atomic E-state index is 9.57. The lowest BCUT2D eigenvalue weighted by Crippen LogP contribution is -2.37. The number of hydrogen-bond donors (Lipinski definition) is 1. The third-order valence-electron chi connectivity index (χ3n) is 4.87. The summed E-state index contributed by atoms with van der Waals surface area (Å²) in [5.74, 6) is 1.82. The Morgan fingerprint density at radius 2 is 1.96 bits per heavy atom. The molecule has 0 amide bonds. The van der Waals surface area contributed by atoms with E-state index in [1.165, 1.54) is 0 Å². The van der Waals surface area contributed by atoms with E-state index in [1.54, 1.807) is 12.4 Å². The lowest BCUT2D eigenvalue weighted by molar-refractivity contribution is 0.208. The molecular weight excluding hydrogens is 360 g/mol. The molecule has 138 valence electrons. The molecule has 4 rings (SSSR count). The minimum atomic E-state index is 0.209. The third-order valence-corrected chi connectivity index (χ3v) is 5.13. The number of hydrogen-bond acceptors (Lipinski definition) is 5. The van der Waals surface area contributed by atoms with Crippen LogP contribution in [-0.2, 0) is 0 Å². The highest BCUT2D eigenvalue weighted by atomic mass is 35.5. The van der Waals surface area contributed by atoms with Crippen LogP contribution in [0.2, 0.25) is 5.02 Å². The molecule has 1 aromatic carbocycles. The second-order valence-corrected chi connectivity index (χ2v) is 7.26. The fourth-order valence-electron chi connectivity index (χ4n) is 3.41. The Hall–Kier alpha value is -2.50. The van der Waals surface area contributed by atoms with Gasteiger partial charge >= 0.3 is 0 Å². The molecule has 1 fully saturated rings. The molecule has 0 saturated carbocycles. The average molecular weight is 381 g/mol. The summed E-state index contributed by atoms with van der Waals surface area (Å²) in [5.41, 5.74) is 2.72. The van der Waals surface area contributed by atoms with Gasteiger partial charge in [0, 0.05) is 54.3 Å². The predicted molar refractivity (Wildman–Crippen MR) is 108 cm³/mol. The van der Waals surface area contributed by atoms with E-state index < -0.39 is 0 Å². The summed E-state index contributed by atoms with van der Waals surface area (Å²) in [4.78, 5) is 16.0. The first-order chi connectivity index (χ1) is 13.2. The normalized spacial score (nSPS) is 17.1. The number of anilines is 1. The molecule has 0 aliphatic carbocycles. The number of benzene rings is 1. The molecule has 0 bridgehead atoms. The van der Waals surface area contributed by atoms with Crippen molar-refractivity contribution in [2.24, 2.45) is 5.92 Å². The minimum Gasteiger partial charge on any atom is -0.396 e. The van der Waals surface area contributed by atoms with Gasteiger partial charge in [-0.2, -0.15) is 0 Å². The summed E-state index contributed by atoms with van der Waals surface area (Å²) in [5, 5.41) is 10.3.